The summed E-state index contributed by atoms with van der Waals surface area (Å²) < 4.78 is 0. The smallest absolute Gasteiger partial charge is 0.0279 e. The molecule has 0 aliphatic carbocycles. The Bertz CT molecular complexity index is 176. The maximum absolute atomic E-state index is 2.23. The van der Waals surface area contributed by atoms with Crippen molar-refractivity contribution in [1.29, 1.82) is 0 Å². The molecule has 1 aromatic rings. The Morgan fingerprint density at radius 2 is 1.33 bits per heavy atom. The summed E-state index contributed by atoms with van der Waals surface area (Å²) in [7, 11) is 0. The van der Waals surface area contributed by atoms with E-state index >= 15 is 0 Å². The molecule has 0 atom stereocenters. The van der Waals surface area contributed by atoms with Gasteiger partial charge in [-0.25, -0.2) is 0 Å². The Labute approximate surface area is 96.7 Å². The lowest BCUT2D eigenvalue weighted by Crippen LogP contribution is -1.81. The largest absolute Gasteiger partial charge is 0.0683 e. The van der Waals surface area contributed by atoms with E-state index in [4.69, 9.17) is 0 Å². The third-order valence-electron chi connectivity index (χ3n) is 1.66. The van der Waals surface area contributed by atoms with E-state index in [1.807, 2.05) is 13.8 Å². The van der Waals surface area contributed by atoms with Gasteiger partial charge in [0.15, 0.2) is 0 Å². The molecule has 0 spiro atoms. The fraction of sp³-hybridized carbons (Fsp3) is 0.600. The normalized spacial score (nSPS) is 8.07. The van der Waals surface area contributed by atoms with Crippen molar-refractivity contribution in [1.82, 2.24) is 0 Å². The van der Waals surface area contributed by atoms with E-state index in [2.05, 4.69) is 51.1 Å². The van der Waals surface area contributed by atoms with E-state index < -0.39 is 0 Å². The number of hydrogen-bond acceptors (Lipinski definition) is 0. The van der Waals surface area contributed by atoms with Gasteiger partial charge in [-0.15, -0.1) is 0 Å². The third kappa shape index (κ3) is 13.2. The zero-order valence-corrected chi connectivity index (χ0v) is 11.2. The van der Waals surface area contributed by atoms with Crippen molar-refractivity contribution in [2.75, 3.05) is 0 Å². The standard InChI is InChI=1S/C10H14.C3H8.C2H6/c1-2-3-7-10-8-5-4-6-9-10;1-3-2;1-2/h4-6,8-9H,2-3,7H2,1H3;3H2,1-2H3;1-2H3. The van der Waals surface area contributed by atoms with E-state index in [0.717, 1.165) is 0 Å². The molecule has 0 saturated heterocycles. The maximum Gasteiger partial charge on any atom is -0.0279 e. The molecule has 0 bridgehead atoms. The molecule has 1 aromatic carbocycles. The highest BCUT2D eigenvalue weighted by molar-refractivity contribution is 5.14. The lowest BCUT2D eigenvalue weighted by molar-refractivity contribution is 0.795. The summed E-state index contributed by atoms with van der Waals surface area (Å²) in [4.78, 5) is 0. The second-order valence-electron chi connectivity index (χ2n) is 3.30. The van der Waals surface area contributed by atoms with E-state index in [1.165, 1.54) is 31.2 Å². The summed E-state index contributed by atoms with van der Waals surface area (Å²) in [6.07, 6.45) is 5.08. The number of aryl methyl sites for hydroxylation is 1. The van der Waals surface area contributed by atoms with Crippen molar-refractivity contribution in [3.05, 3.63) is 35.9 Å². The molecule has 0 aromatic heterocycles. The minimum Gasteiger partial charge on any atom is -0.0683 e. The lowest BCUT2D eigenvalue weighted by atomic mass is 10.1. The Hall–Kier alpha value is -0.780. The monoisotopic (exact) mass is 208 g/mol. The van der Waals surface area contributed by atoms with Crippen LogP contribution in [0.4, 0.5) is 0 Å². The average molecular weight is 208 g/mol. The molecule has 0 heterocycles. The summed E-state index contributed by atoms with van der Waals surface area (Å²) in [6.45, 7) is 10.5. The van der Waals surface area contributed by atoms with Gasteiger partial charge >= 0.3 is 0 Å². The molecule has 0 saturated carbocycles. The number of benzene rings is 1. The van der Waals surface area contributed by atoms with E-state index in [-0.39, 0.29) is 0 Å². The van der Waals surface area contributed by atoms with Gasteiger partial charge in [0.05, 0.1) is 0 Å². The van der Waals surface area contributed by atoms with Crippen LogP contribution in [0.2, 0.25) is 0 Å². The van der Waals surface area contributed by atoms with Gasteiger partial charge in [-0.05, 0) is 18.4 Å². The Morgan fingerprint density at radius 3 is 1.73 bits per heavy atom. The predicted molar refractivity (Wildman–Crippen MR) is 72.4 cm³/mol. The molecular weight excluding hydrogens is 180 g/mol. The molecule has 0 amide bonds. The van der Waals surface area contributed by atoms with Crippen molar-refractivity contribution in [3.63, 3.8) is 0 Å². The second kappa shape index (κ2) is 15.7. The highest BCUT2D eigenvalue weighted by Crippen LogP contribution is 2.03. The molecule has 0 fully saturated rings. The number of hydrogen-bond donors (Lipinski definition) is 0. The second-order valence-corrected chi connectivity index (χ2v) is 3.30. The Balaban J connectivity index is 0. The van der Waals surface area contributed by atoms with Gasteiger partial charge in [0.2, 0.25) is 0 Å². The molecule has 0 aliphatic heterocycles. The van der Waals surface area contributed by atoms with Crippen LogP contribution in [0.3, 0.4) is 0 Å². The highest BCUT2D eigenvalue weighted by atomic mass is 13.9. The molecule has 0 unspecified atom stereocenters. The first-order chi connectivity index (χ1) is 7.35. The predicted octanol–water partition coefficient (Wildman–Crippen LogP) is 5.47. The van der Waals surface area contributed by atoms with Crippen molar-refractivity contribution >= 4 is 0 Å². The first-order valence-corrected chi connectivity index (χ1v) is 6.39. The van der Waals surface area contributed by atoms with Gasteiger partial charge in [0.25, 0.3) is 0 Å². The van der Waals surface area contributed by atoms with Crippen LogP contribution in [0.5, 0.6) is 0 Å². The minimum absolute atomic E-state index is 1.23. The topological polar surface area (TPSA) is 0 Å². The van der Waals surface area contributed by atoms with E-state index in [0.29, 0.717) is 0 Å². The third-order valence-corrected chi connectivity index (χ3v) is 1.66. The van der Waals surface area contributed by atoms with Gasteiger partial charge < -0.3 is 0 Å². The molecule has 0 radical (unpaired) electrons. The van der Waals surface area contributed by atoms with Crippen molar-refractivity contribution in [2.45, 2.75) is 60.3 Å². The molecule has 0 heteroatoms. The van der Waals surface area contributed by atoms with Gasteiger partial charge in [-0.1, -0.05) is 77.8 Å². The fourth-order valence-corrected chi connectivity index (χ4v) is 1.03. The zero-order valence-electron chi connectivity index (χ0n) is 11.2. The zero-order chi connectivity index (χ0) is 11.9. The van der Waals surface area contributed by atoms with Crippen LogP contribution in [0.15, 0.2) is 30.3 Å². The van der Waals surface area contributed by atoms with Gasteiger partial charge in [-0.3, -0.25) is 0 Å². The Morgan fingerprint density at radius 1 is 0.867 bits per heavy atom. The molecule has 0 N–H and O–H groups in total. The average Bonchev–Trinajstić information content (AvgIpc) is 2.31. The molecular formula is C15H28. The maximum atomic E-state index is 2.23. The fourth-order valence-electron chi connectivity index (χ4n) is 1.03. The first-order valence-electron chi connectivity index (χ1n) is 6.39. The van der Waals surface area contributed by atoms with Gasteiger partial charge in [0.1, 0.15) is 0 Å². The molecule has 1 rings (SSSR count). The van der Waals surface area contributed by atoms with Crippen molar-refractivity contribution in [2.24, 2.45) is 0 Å². The quantitative estimate of drug-likeness (QED) is 0.617. The minimum atomic E-state index is 1.23. The lowest BCUT2D eigenvalue weighted by Gasteiger charge is -1.96. The first kappa shape index (κ1) is 16.6. The molecule has 15 heavy (non-hydrogen) atoms. The number of rotatable bonds is 3. The van der Waals surface area contributed by atoms with Crippen LogP contribution in [0.1, 0.15) is 59.4 Å². The van der Waals surface area contributed by atoms with Crippen LogP contribution < -0.4 is 0 Å². The Kier molecular flexibility index (Phi) is 17.4. The SMILES string of the molecule is CC.CCC.CCCCc1ccccc1. The summed E-state index contributed by atoms with van der Waals surface area (Å²) >= 11 is 0. The summed E-state index contributed by atoms with van der Waals surface area (Å²) in [5.41, 5.74) is 1.46. The van der Waals surface area contributed by atoms with Gasteiger partial charge in [-0.2, -0.15) is 0 Å². The van der Waals surface area contributed by atoms with Gasteiger partial charge in [0, 0.05) is 0 Å². The van der Waals surface area contributed by atoms with Crippen LogP contribution in [0, 0.1) is 0 Å². The van der Waals surface area contributed by atoms with Crippen LogP contribution in [-0.4, -0.2) is 0 Å². The number of unbranched alkanes of at least 4 members (excludes halogenated alkanes) is 1. The van der Waals surface area contributed by atoms with Crippen LogP contribution in [-0.2, 0) is 6.42 Å². The van der Waals surface area contributed by atoms with Crippen molar-refractivity contribution in [3.8, 4) is 0 Å². The van der Waals surface area contributed by atoms with E-state index in [1.54, 1.807) is 0 Å². The summed E-state index contributed by atoms with van der Waals surface area (Å²) in [6, 6.07) is 10.6. The molecule has 0 nitrogen and oxygen atoms in total. The van der Waals surface area contributed by atoms with Crippen molar-refractivity contribution < 1.29 is 0 Å². The summed E-state index contributed by atoms with van der Waals surface area (Å²) in [5.74, 6) is 0. The van der Waals surface area contributed by atoms with Crippen LogP contribution >= 0.6 is 0 Å². The van der Waals surface area contributed by atoms with E-state index in [9.17, 15) is 0 Å². The molecule has 88 valence electrons. The molecule has 0 aliphatic rings. The summed E-state index contributed by atoms with van der Waals surface area (Å²) in [5, 5.41) is 0. The highest BCUT2D eigenvalue weighted by Gasteiger charge is 1.87. The van der Waals surface area contributed by atoms with Crippen LogP contribution in [0.25, 0.3) is 0 Å².